The number of halogens is 1. The van der Waals surface area contributed by atoms with Crippen molar-refractivity contribution in [1.82, 2.24) is 4.57 Å². The fraction of sp³-hybridized carbons (Fsp3) is 0.214. The number of benzene rings is 3. The van der Waals surface area contributed by atoms with Crippen LogP contribution in [0.1, 0.15) is 48.5 Å². The van der Waals surface area contributed by atoms with E-state index < -0.39 is 16.0 Å². The van der Waals surface area contributed by atoms with Gasteiger partial charge in [-0.15, -0.1) is 15.7 Å². The Balaban J connectivity index is 1.49. The van der Waals surface area contributed by atoms with Crippen LogP contribution in [0.25, 0.3) is 11.3 Å². The Labute approximate surface area is 224 Å². The van der Waals surface area contributed by atoms with Crippen LogP contribution in [0.2, 0.25) is 5.02 Å². The summed E-state index contributed by atoms with van der Waals surface area (Å²) in [6, 6.07) is 22.3. The Kier molecular flexibility index (Phi) is 7.60. The van der Waals surface area contributed by atoms with Crippen LogP contribution in [0.3, 0.4) is 0 Å². The second-order valence-electron chi connectivity index (χ2n) is 8.87. The monoisotopic (exact) mass is 552 g/mol. The maximum absolute atomic E-state index is 13.1. The van der Waals surface area contributed by atoms with Gasteiger partial charge < -0.3 is 9.30 Å². The number of hydrogen-bond acceptors (Lipinski definition) is 5. The molecular formula is C28H25ClN2O4S2. The van der Waals surface area contributed by atoms with Crippen LogP contribution in [0, 0.1) is 0 Å². The van der Waals surface area contributed by atoms with E-state index in [9.17, 15) is 13.2 Å². The van der Waals surface area contributed by atoms with Crippen molar-refractivity contribution < 1.29 is 17.9 Å². The third-order valence-electron chi connectivity index (χ3n) is 6.36. The van der Waals surface area contributed by atoms with Crippen LogP contribution < -0.4 is 9.54 Å². The van der Waals surface area contributed by atoms with Gasteiger partial charge in [-0.05, 0) is 79.1 Å². The van der Waals surface area contributed by atoms with Crippen LogP contribution in [0.4, 0.5) is 0 Å². The largest absolute Gasteiger partial charge is 0.423 e. The summed E-state index contributed by atoms with van der Waals surface area (Å²) in [5, 5.41) is 2.41. The van der Waals surface area contributed by atoms with Gasteiger partial charge in [-0.2, -0.15) is 8.42 Å². The van der Waals surface area contributed by atoms with Crippen molar-refractivity contribution >= 4 is 38.9 Å². The molecule has 1 aromatic heterocycles. The van der Waals surface area contributed by atoms with Gasteiger partial charge in [0.15, 0.2) is 0 Å². The van der Waals surface area contributed by atoms with Gasteiger partial charge >= 0.3 is 5.97 Å². The minimum absolute atomic E-state index is 0.103. The van der Waals surface area contributed by atoms with Gasteiger partial charge in [0.25, 0.3) is 10.0 Å². The van der Waals surface area contributed by atoms with Crippen molar-refractivity contribution in [3.8, 4) is 17.0 Å². The third-order valence-corrected chi connectivity index (χ3v) is 8.85. The first kappa shape index (κ1) is 25.4. The zero-order chi connectivity index (χ0) is 25.8. The van der Waals surface area contributed by atoms with Crippen molar-refractivity contribution in [2.75, 3.05) is 0 Å². The number of esters is 1. The zero-order valence-corrected chi connectivity index (χ0v) is 22.3. The molecule has 3 aromatic carbocycles. The molecule has 0 aliphatic heterocycles. The van der Waals surface area contributed by atoms with E-state index in [1.165, 1.54) is 29.9 Å². The highest BCUT2D eigenvalue weighted by atomic mass is 35.5. The topological polar surface area (TPSA) is 77.7 Å². The summed E-state index contributed by atoms with van der Waals surface area (Å²) in [4.78, 5) is 12.9. The van der Waals surface area contributed by atoms with Crippen molar-refractivity contribution in [3.63, 3.8) is 0 Å². The van der Waals surface area contributed by atoms with E-state index in [0.29, 0.717) is 21.1 Å². The van der Waals surface area contributed by atoms with Gasteiger partial charge in [0, 0.05) is 16.4 Å². The first-order valence-electron chi connectivity index (χ1n) is 12.0. The summed E-state index contributed by atoms with van der Waals surface area (Å²) >= 11 is 7.24. The molecule has 0 amide bonds. The highest BCUT2D eigenvalue weighted by Crippen LogP contribution is 2.33. The molecule has 37 heavy (non-hydrogen) atoms. The second-order valence-corrected chi connectivity index (χ2v) is 11.7. The van der Waals surface area contributed by atoms with E-state index >= 15 is 0 Å². The van der Waals surface area contributed by atoms with Gasteiger partial charge in [-0.3, -0.25) is 0 Å². The van der Waals surface area contributed by atoms with Gasteiger partial charge in [-0.25, -0.2) is 4.79 Å². The molecule has 1 fully saturated rings. The molecule has 0 radical (unpaired) electrons. The Hall–Kier alpha value is -3.20. The average Bonchev–Trinajstić information content (AvgIpc) is 3.33. The van der Waals surface area contributed by atoms with E-state index in [1.54, 1.807) is 48.5 Å². The number of nitrogens with zero attached hydrogens (tertiary/aromatic N) is 2. The fourth-order valence-electron chi connectivity index (χ4n) is 4.49. The van der Waals surface area contributed by atoms with Crippen LogP contribution in [-0.2, 0) is 10.0 Å². The Morgan fingerprint density at radius 2 is 1.59 bits per heavy atom. The smallest absolute Gasteiger partial charge is 0.343 e. The Morgan fingerprint density at radius 3 is 2.27 bits per heavy atom. The molecule has 1 aliphatic rings. The van der Waals surface area contributed by atoms with E-state index in [-0.39, 0.29) is 10.9 Å². The SMILES string of the molecule is O=C(Oc1ccc(-c2cs/c(=N/S(=O)(=O)c3ccc(Cl)cc3)n2C2CCCCC2)cc1)c1ccccc1. The molecule has 1 saturated carbocycles. The van der Waals surface area contributed by atoms with Gasteiger partial charge in [0.1, 0.15) is 5.75 Å². The molecule has 4 aromatic rings. The second kappa shape index (κ2) is 11.0. The highest BCUT2D eigenvalue weighted by Gasteiger charge is 2.22. The molecule has 5 rings (SSSR count). The standard InChI is InChI=1S/C28H25ClN2O4S2/c29-22-13-17-25(18-14-22)37(33,34)30-28-31(23-9-5-2-6-10-23)26(19-36-28)20-11-15-24(16-12-20)35-27(32)21-7-3-1-4-8-21/h1,3-4,7-8,11-19,23H,2,5-6,9-10H2/b30-28+. The van der Waals surface area contributed by atoms with Crippen molar-refractivity contribution in [2.24, 2.45) is 4.40 Å². The lowest BCUT2D eigenvalue weighted by Gasteiger charge is -2.25. The van der Waals surface area contributed by atoms with Crippen molar-refractivity contribution in [2.45, 2.75) is 43.0 Å². The molecule has 0 spiro atoms. The van der Waals surface area contributed by atoms with E-state index in [4.69, 9.17) is 16.3 Å². The summed E-state index contributed by atoms with van der Waals surface area (Å²) in [5.74, 6) is 0.0157. The normalized spacial score (nSPS) is 15.0. The molecule has 0 unspecified atom stereocenters. The quantitative estimate of drug-likeness (QED) is 0.193. The van der Waals surface area contributed by atoms with E-state index in [2.05, 4.69) is 8.96 Å². The first-order chi connectivity index (χ1) is 17.9. The highest BCUT2D eigenvalue weighted by molar-refractivity contribution is 7.90. The maximum Gasteiger partial charge on any atom is 0.343 e. The minimum Gasteiger partial charge on any atom is -0.423 e. The molecule has 1 aliphatic carbocycles. The van der Waals surface area contributed by atoms with Crippen LogP contribution in [-0.4, -0.2) is 19.0 Å². The number of thiazole rings is 1. The summed E-state index contributed by atoms with van der Waals surface area (Å²) in [6.07, 6.45) is 5.28. The fourth-order valence-corrected chi connectivity index (χ4v) is 6.79. The number of aromatic nitrogens is 1. The minimum atomic E-state index is -3.91. The number of rotatable bonds is 6. The lowest BCUT2D eigenvalue weighted by molar-refractivity contribution is 0.0734. The summed E-state index contributed by atoms with van der Waals surface area (Å²) < 4.78 is 38.0. The molecule has 9 heteroatoms. The summed E-state index contributed by atoms with van der Waals surface area (Å²) in [6.45, 7) is 0. The predicted molar refractivity (Wildman–Crippen MR) is 145 cm³/mol. The van der Waals surface area contributed by atoms with Crippen LogP contribution in [0.15, 0.2) is 93.5 Å². The lowest BCUT2D eigenvalue weighted by Crippen LogP contribution is -2.25. The first-order valence-corrected chi connectivity index (χ1v) is 14.7. The number of ether oxygens (including phenoxy) is 1. The third kappa shape index (κ3) is 5.87. The van der Waals surface area contributed by atoms with E-state index in [0.717, 1.165) is 36.9 Å². The van der Waals surface area contributed by atoms with Crippen LogP contribution in [0.5, 0.6) is 5.75 Å². The number of carbonyl (C=O) groups excluding carboxylic acids is 1. The van der Waals surface area contributed by atoms with Crippen molar-refractivity contribution in [1.29, 1.82) is 0 Å². The van der Waals surface area contributed by atoms with Gasteiger partial charge in [0.2, 0.25) is 4.80 Å². The molecule has 0 saturated heterocycles. The average molecular weight is 553 g/mol. The molecule has 1 heterocycles. The lowest BCUT2D eigenvalue weighted by atomic mass is 9.95. The van der Waals surface area contributed by atoms with Crippen molar-refractivity contribution in [3.05, 3.63) is 99.6 Å². The Bertz CT molecular complexity index is 1550. The maximum atomic E-state index is 13.1. The number of carbonyl (C=O) groups is 1. The molecule has 0 atom stereocenters. The van der Waals surface area contributed by atoms with Gasteiger partial charge in [0.05, 0.1) is 16.2 Å². The molecule has 190 valence electrons. The summed E-state index contributed by atoms with van der Waals surface area (Å²) in [7, 11) is -3.91. The molecule has 6 nitrogen and oxygen atoms in total. The van der Waals surface area contributed by atoms with Crippen LogP contribution >= 0.6 is 22.9 Å². The summed E-state index contributed by atoms with van der Waals surface area (Å²) in [5.41, 5.74) is 2.27. The van der Waals surface area contributed by atoms with E-state index in [1.807, 2.05) is 23.6 Å². The number of hydrogen-bond donors (Lipinski definition) is 0. The molecule has 0 bridgehead atoms. The predicted octanol–water partition coefficient (Wildman–Crippen LogP) is 6.88. The molecule has 0 N–H and O–H groups in total. The Morgan fingerprint density at radius 1 is 0.919 bits per heavy atom. The molecular weight excluding hydrogens is 528 g/mol. The number of sulfonamides is 1. The zero-order valence-electron chi connectivity index (χ0n) is 19.9. The van der Waals surface area contributed by atoms with Gasteiger partial charge in [-0.1, -0.05) is 49.1 Å².